The van der Waals surface area contributed by atoms with Crippen molar-refractivity contribution < 1.29 is 24.2 Å². The largest absolute Gasteiger partial charge is 0.497 e. The maximum Gasteiger partial charge on any atom is 0.345 e. The standard InChI is InChI=1S/C24H20ClN5O5S/c1-13-28-29-20(12-26-24(34)27-14-6-5-7-15(10-14)35-2)30(13)22-17(11-19(36-22)23(32)33)21(31)16-8-3-4-9-18(16)25/h3-11H,12H2,1-2H3,(H,32,33)(H2,26,27,34). The van der Waals surface area contributed by atoms with Gasteiger partial charge in [-0.1, -0.05) is 29.8 Å². The van der Waals surface area contributed by atoms with E-state index >= 15 is 0 Å². The second-order valence-electron chi connectivity index (χ2n) is 7.48. The number of urea groups is 1. The highest BCUT2D eigenvalue weighted by molar-refractivity contribution is 7.16. The Morgan fingerprint density at radius 3 is 2.58 bits per heavy atom. The number of carboxylic acid groups (broad SMARTS) is 1. The van der Waals surface area contributed by atoms with Crippen molar-refractivity contribution in [3.8, 4) is 10.8 Å². The van der Waals surface area contributed by atoms with E-state index in [1.807, 2.05) is 0 Å². The zero-order chi connectivity index (χ0) is 25.8. The van der Waals surface area contributed by atoms with Crippen LogP contribution < -0.4 is 15.4 Å². The lowest BCUT2D eigenvalue weighted by molar-refractivity contribution is 0.0702. The molecule has 4 rings (SSSR count). The van der Waals surface area contributed by atoms with E-state index in [-0.39, 0.29) is 27.6 Å². The van der Waals surface area contributed by atoms with Crippen LogP contribution in [0.1, 0.15) is 37.2 Å². The third-order valence-corrected chi connectivity index (χ3v) is 6.55. The van der Waals surface area contributed by atoms with Crippen LogP contribution in [0.15, 0.2) is 54.6 Å². The molecule has 0 saturated heterocycles. The van der Waals surface area contributed by atoms with Crippen molar-refractivity contribution in [3.63, 3.8) is 0 Å². The fourth-order valence-electron chi connectivity index (χ4n) is 3.43. The van der Waals surface area contributed by atoms with Gasteiger partial charge in [0.05, 0.1) is 24.2 Å². The van der Waals surface area contributed by atoms with Gasteiger partial charge in [0.25, 0.3) is 0 Å². The number of benzene rings is 2. The number of ether oxygens (including phenoxy) is 1. The molecule has 184 valence electrons. The number of aromatic nitrogens is 3. The summed E-state index contributed by atoms with van der Waals surface area (Å²) in [6.07, 6.45) is 0. The molecule has 0 saturated carbocycles. The van der Waals surface area contributed by atoms with E-state index in [0.29, 0.717) is 28.1 Å². The number of hydrogen-bond acceptors (Lipinski definition) is 7. The molecular weight excluding hydrogens is 506 g/mol. The topological polar surface area (TPSA) is 135 Å². The summed E-state index contributed by atoms with van der Waals surface area (Å²) in [6.45, 7) is 1.62. The average Bonchev–Trinajstić information content (AvgIpc) is 3.46. The Morgan fingerprint density at radius 2 is 1.86 bits per heavy atom. The zero-order valence-electron chi connectivity index (χ0n) is 19.1. The number of rotatable bonds is 8. The predicted octanol–water partition coefficient (Wildman–Crippen LogP) is 4.55. The van der Waals surface area contributed by atoms with E-state index in [9.17, 15) is 19.5 Å². The fraction of sp³-hybridized carbons (Fsp3) is 0.125. The molecule has 3 N–H and O–H groups in total. The Morgan fingerprint density at radius 1 is 1.08 bits per heavy atom. The van der Waals surface area contributed by atoms with Gasteiger partial charge in [-0.05, 0) is 37.3 Å². The van der Waals surface area contributed by atoms with Gasteiger partial charge in [0.15, 0.2) is 11.6 Å². The van der Waals surface area contributed by atoms with Crippen LogP contribution in [0.2, 0.25) is 5.02 Å². The molecule has 4 aromatic rings. The Hall–Kier alpha value is -4.22. The lowest BCUT2D eigenvalue weighted by Crippen LogP contribution is -2.29. The van der Waals surface area contributed by atoms with Crippen LogP contribution in [0, 0.1) is 6.92 Å². The molecule has 2 heterocycles. The van der Waals surface area contributed by atoms with Crippen LogP contribution in [0.4, 0.5) is 10.5 Å². The first-order valence-corrected chi connectivity index (χ1v) is 11.7. The maximum atomic E-state index is 13.3. The summed E-state index contributed by atoms with van der Waals surface area (Å²) >= 11 is 7.12. The Labute approximate surface area is 214 Å². The summed E-state index contributed by atoms with van der Waals surface area (Å²) in [4.78, 5) is 37.5. The number of methoxy groups -OCH3 is 1. The van der Waals surface area contributed by atoms with Gasteiger partial charge in [0.2, 0.25) is 0 Å². The van der Waals surface area contributed by atoms with Gasteiger partial charge in [-0.15, -0.1) is 21.5 Å². The summed E-state index contributed by atoms with van der Waals surface area (Å²) in [6, 6.07) is 14.2. The highest BCUT2D eigenvalue weighted by Crippen LogP contribution is 2.32. The van der Waals surface area contributed by atoms with E-state index < -0.39 is 17.8 Å². The van der Waals surface area contributed by atoms with Crippen LogP contribution in [0.5, 0.6) is 5.75 Å². The molecule has 0 aliphatic rings. The average molecular weight is 526 g/mol. The van der Waals surface area contributed by atoms with Crippen LogP contribution in [0.25, 0.3) is 5.00 Å². The first kappa shape index (κ1) is 24.9. The van der Waals surface area contributed by atoms with Crippen LogP contribution in [-0.2, 0) is 6.54 Å². The molecule has 0 aliphatic heterocycles. The SMILES string of the molecule is COc1cccc(NC(=O)NCc2nnc(C)n2-c2sc(C(=O)O)cc2C(=O)c2ccccc2Cl)c1. The van der Waals surface area contributed by atoms with E-state index in [1.54, 1.807) is 60.0 Å². The summed E-state index contributed by atoms with van der Waals surface area (Å²) in [7, 11) is 1.53. The minimum absolute atomic E-state index is 0.0387. The molecule has 0 atom stereocenters. The van der Waals surface area contributed by atoms with Gasteiger partial charge < -0.3 is 20.5 Å². The van der Waals surface area contributed by atoms with E-state index in [0.717, 1.165) is 11.3 Å². The zero-order valence-corrected chi connectivity index (χ0v) is 20.7. The summed E-state index contributed by atoms with van der Waals surface area (Å²) in [5.41, 5.74) is 0.898. The monoisotopic (exact) mass is 525 g/mol. The van der Waals surface area contributed by atoms with Gasteiger partial charge >= 0.3 is 12.0 Å². The van der Waals surface area contributed by atoms with Crippen LogP contribution in [-0.4, -0.2) is 44.8 Å². The lowest BCUT2D eigenvalue weighted by atomic mass is 10.0. The molecule has 0 unspecified atom stereocenters. The van der Waals surface area contributed by atoms with Crippen LogP contribution >= 0.6 is 22.9 Å². The van der Waals surface area contributed by atoms with Crippen molar-refractivity contribution in [1.29, 1.82) is 0 Å². The molecule has 12 heteroatoms. The van der Waals surface area contributed by atoms with Crippen LogP contribution in [0.3, 0.4) is 0 Å². The van der Waals surface area contributed by atoms with Crippen molar-refractivity contribution in [2.45, 2.75) is 13.5 Å². The van der Waals surface area contributed by atoms with Gasteiger partial charge in [0, 0.05) is 17.3 Å². The molecule has 2 aromatic heterocycles. The number of aromatic carboxylic acids is 1. The lowest BCUT2D eigenvalue weighted by Gasteiger charge is -2.11. The second-order valence-corrected chi connectivity index (χ2v) is 8.92. The van der Waals surface area contributed by atoms with Gasteiger partial charge in [-0.25, -0.2) is 9.59 Å². The Balaban J connectivity index is 1.63. The van der Waals surface area contributed by atoms with E-state index in [2.05, 4.69) is 20.8 Å². The number of anilines is 1. The van der Waals surface area contributed by atoms with E-state index in [1.165, 1.54) is 13.2 Å². The summed E-state index contributed by atoms with van der Waals surface area (Å²) in [5.74, 6) is -0.317. The number of carbonyl (C=O) groups is 3. The van der Waals surface area contributed by atoms with Crippen molar-refractivity contribution in [2.24, 2.45) is 0 Å². The number of amides is 2. The molecule has 36 heavy (non-hydrogen) atoms. The smallest absolute Gasteiger partial charge is 0.345 e. The third kappa shape index (κ3) is 5.21. The molecule has 2 aromatic carbocycles. The van der Waals surface area contributed by atoms with Crippen molar-refractivity contribution in [3.05, 3.63) is 87.3 Å². The number of carbonyl (C=O) groups excluding carboxylic acids is 2. The Bertz CT molecular complexity index is 1460. The number of carboxylic acids is 1. The first-order chi connectivity index (χ1) is 17.3. The highest BCUT2D eigenvalue weighted by atomic mass is 35.5. The molecule has 0 fully saturated rings. The highest BCUT2D eigenvalue weighted by Gasteiger charge is 2.26. The maximum absolute atomic E-state index is 13.3. The molecular formula is C24H20ClN5O5S. The minimum atomic E-state index is -1.18. The van der Waals surface area contributed by atoms with Gasteiger partial charge in [-0.2, -0.15) is 0 Å². The fourth-order valence-corrected chi connectivity index (χ4v) is 4.71. The number of aryl methyl sites for hydroxylation is 1. The predicted molar refractivity (Wildman–Crippen MR) is 135 cm³/mol. The number of nitrogens with zero attached hydrogens (tertiary/aromatic N) is 3. The number of thiophene rings is 1. The quantitative estimate of drug-likeness (QED) is 0.287. The normalized spacial score (nSPS) is 10.6. The molecule has 0 radical (unpaired) electrons. The Kier molecular flexibility index (Phi) is 7.32. The summed E-state index contributed by atoms with van der Waals surface area (Å²) in [5, 5.41) is 23.7. The number of halogens is 1. The summed E-state index contributed by atoms with van der Waals surface area (Å²) < 4.78 is 6.70. The molecule has 0 aliphatic carbocycles. The third-order valence-electron chi connectivity index (χ3n) is 5.12. The molecule has 0 bridgehead atoms. The minimum Gasteiger partial charge on any atom is -0.497 e. The number of nitrogens with one attached hydrogen (secondary N) is 2. The second kappa shape index (κ2) is 10.6. The first-order valence-electron chi connectivity index (χ1n) is 10.5. The van der Waals surface area contributed by atoms with Crippen molar-refractivity contribution in [1.82, 2.24) is 20.1 Å². The van der Waals surface area contributed by atoms with Gasteiger partial charge in [-0.3, -0.25) is 9.36 Å². The molecule has 2 amide bonds. The van der Waals surface area contributed by atoms with E-state index in [4.69, 9.17) is 16.3 Å². The molecule has 10 nitrogen and oxygen atoms in total. The number of ketones is 1. The number of hydrogen-bond donors (Lipinski definition) is 3. The van der Waals surface area contributed by atoms with Crippen molar-refractivity contribution in [2.75, 3.05) is 12.4 Å². The van der Waals surface area contributed by atoms with Crippen molar-refractivity contribution >= 4 is 46.4 Å². The van der Waals surface area contributed by atoms with Gasteiger partial charge in [0.1, 0.15) is 21.5 Å². The molecule has 0 spiro atoms.